The summed E-state index contributed by atoms with van der Waals surface area (Å²) in [5.41, 5.74) is 0.883. The third kappa shape index (κ3) is 2.60. The van der Waals surface area contributed by atoms with E-state index in [4.69, 9.17) is 5.26 Å². The largest absolute Gasteiger partial charge is 0.335 e. The second-order valence-electron chi connectivity index (χ2n) is 4.14. The molecule has 0 spiro atoms. The van der Waals surface area contributed by atoms with Crippen LogP contribution in [0.5, 0.6) is 0 Å². The fourth-order valence-corrected chi connectivity index (χ4v) is 1.76. The molecule has 1 amide bonds. The molecule has 1 saturated heterocycles. The molecule has 0 saturated carbocycles. The molecule has 1 aliphatic rings. The lowest BCUT2D eigenvalue weighted by Crippen LogP contribution is -2.47. The van der Waals surface area contributed by atoms with E-state index in [1.807, 2.05) is 13.1 Å². The Balaban J connectivity index is 2.06. The van der Waals surface area contributed by atoms with Gasteiger partial charge in [0.2, 0.25) is 0 Å². The van der Waals surface area contributed by atoms with E-state index in [1.165, 1.54) is 6.20 Å². The number of hydrogen-bond acceptors (Lipinski definition) is 4. The third-order valence-corrected chi connectivity index (χ3v) is 2.90. The predicted molar refractivity (Wildman–Crippen MR) is 62.4 cm³/mol. The average molecular weight is 230 g/mol. The van der Waals surface area contributed by atoms with Gasteiger partial charge in [-0.15, -0.1) is 0 Å². The quantitative estimate of drug-likeness (QED) is 0.698. The summed E-state index contributed by atoms with van der Waals surface area (Å²) in [6.45, 7) is 3.25. The number of likely N-dealkylation sites (N-methyl/N-ethyl adjacent to an activating group) is 1. The van der Waals surface area contributed by atoms with Gasteiger partial charge in [-0.2, -0.15) is 5.26 Å². The molecule has 0 aromatic carbocycles. The van der Waals surface area contributed by atoms with Crippen LogP contribution in [0.4, 0.5) is 0 Å². The number of aromatic nitrogens is 1. The summed E-state index contributed by atoms with van der Waals surface area (Å²) in [6.07, 6.45) is 1.43. The van der Waals surface area contributed by atoms with E-state index in [9.17, 15) is 4.79 Å². The number of hydrogen-bond donors (Lipinski definition) is 0. The van der Waals surface area contributed by atoms with E-state index in [2.05, 4.69) is 9.88 Å². The molecule has 0 unspecified atom stereocenters. The van der Waals surface area contributed by atoms with Gasteiger partial charge < -0.3 is 9.80 Å². The first-order valence-electron chi connectivity index (χ1n) is 5.54. The molecule has 1 aliphatic heterocycles. The number of carbonyl (C=O) groups excluding carboxylic acids is 1. The molecule has 1 fully saturated rings. The molecule has 0 radical (unpaired) electrons. The zero-order chi connectivity index (χ0) is 12.3. The summed E-state index contributed by atoms with van der Waals surface area (Å²) in [5.74, 6) is -0.0532. The van der Waals surface area contributed by atoms with Crippen LogP contribution in [0.2, 0.25) is 0 Å². The van der Waals surface area contributed by atoms with E-state index in [0.717, 1.165) is 26.2 Å². The van der Waals surface area contributed by atoms with E-state index in [1.54, 1.807) is 17.0 Å². The summed E-state index contributed by atoms with van der Waals surface area (Å²) in [6, 6.07) is 5.22. The maximum Gasteiger partial charge on any atom is 0.272 e. The second-order valence-corrected chi connectivity index (χ2v) is 4.14. The Labute approximate surface area is 100 Å². The molecular weight excluding hydrogens is 216 g/mol. The first kappa shape index (κ1) is 11.6. The van der Waals surface area contributed by atoms with Crippen LogP contribution in [0.25, 0.3) is 0 Å². The number of nitriles is 1. The van der Waals surface area contributed by atoms with Crippen LogP contribution in [0.3, 0.4) is 0 Å². The number of piperazine rings is 1. The minimum Gasteiger partial charge on any atom is -0.335 e. The van der Waals surface area contributed by atoms with Crippen molar-refractivity contribution in [2.75, 3.05) is 33.2 Å². The van der Waals surface area contributed by atoms with Gasteiger partial charge in [0.25, 0.3) is 5.91 Å². The molecule has 5 heteroatoms. The maximum atomic E-state index is 12.1. The number of carbonyl (C=O) groups is 1. The van der Waals surface area contributed by atoms with Crippen molar-refractivity contribution in [3.8, 4) is 6.07 Å². The number of amides is 1. The van der Waals surface area contributed by atoms with Crippen LogP contribution in [-0.4, -0.2) is 53.9 Å². The highest BCUT2D eigenvalue weighted by atomic mass is 16.2. The molecule has 17 heavy (non-hydrogen) atoms. The van der Waals surface area contributed by atoms with Crippen molar-refractivity contribution in [2.24, 2.45) is 0 Å². The van der Waals surface area contributed by atoms with Crippen molar-refractivity contribution >= 4 is 5.91 Å². The zero-order valence-electron chi connectivity index (χ0n) is 9.76. The first-order valence-corrected chi connectivity index (χ1v) is 5.54. The van der Waals surface area contributed by atoms with Crippen molar-refractivity contribution in [1.29, 1.82) is 5.26 Å². The fraction of sp³-hybridized carbons (Fsp3) is 0.417. The summed E-state index contributed by atoms with van der Waals surface area (Å²) in [5, 5.41) is 8.65. The van der Waals surface area contributed by atoms with Gasteiger partial charge >= 0.3 is 0 Å². The smallest absolute Gasteiger partial charge is 0.272 e. The lowest BCUT2D eigenvalue weighted by atomic mass is 10.2. The number of rotatable bonds is 1. The highest BCUT2D eigenvalue weighted by Crippen LogP contribution is 2.06. The minimum absolute atomic E-state index is 0.0532. The van der Waals surface area contributed by atoms with Crippen LogP contribution in [0.15, 0.2) is 18.3 Å². The highest BCUT2D eigenvalue weighted by molar-refractivity contribution is 5.92. The Morgan fingerprint density at radius 2 is 2.06 bits per heavy atom. The topological polar surface area (TPSA) is 60.2 Å². The maximum absolute atomic E-state index is 12.1. The van der Waals surface area contributed by atoms with E-state index >= 15 is 0 Å². The van der Waals surface area contributed by atoms with Crippen molar-refractivity contribution in [3.63, 3.8) is 0 Å². The molecule has 2 rings (SSSR count). The standard InChI is InChI=1S/C12H14N4O/c1-15-4-6-16(7-5-15)12(17)11-3-2-10(8-13)9-14-11/h2-3,9H,4-7H2,1H3. The molecule has 0 atom stereocenters. The van der Waals surface area contributed by atoms with E-state index in [-0.39, 0.29) is 5.91 Å². The third-order valence-electron chi connectivity index (χ3n) is 2.90. The van der Waals surface area contributed by atoms with Crippen LogP contribution in [0.1, 0.15) is 16.1 Å². The Kier molecular flexibility index (Phi) is 3.35. The van der Waals surface area contributed by atoms with Gasteiger partial charge in [0.15, 0.2) is 0 Å². The van der Waals surface area contributed by atoms with Crippen LogP contribution >= 0.6 is 0 Å². The molecular formula is C12H14N4O. The molecule has 0 N–H and O–H groups in total. The van der Waals surface area contributed by atoms with E-state index in [0.29, 0.717) is 11.3 Å². The lowest BCUT2D eigenvalue weighted by Gasteiger charge is -2.32. The van der Waals surface area contributed by atoms with Gasteiger partial charge in [-0.25, -0.2) is 4.98 Å². The molecule has 2 heterocycles. The number of pyridine rings is 1. The summed E-state index contributed by atoms with van der Waals surface area (Å²) < 4.78 is 0. The second kappa shape index (κ2) is 4.93. The predicted octanol–water partition coefficient (Wildman–Crippen LogP) is 0.341. The molecule has 0 bridgehead atoms. The zero-order valence-corrected chi connectivity index (χ0v) is 9.76. The molecule has 88 valence electrons. The van der Waals surface area contributed by atoms with Crippen molar-refractivity contribution in [3.05, 3.63) is 29.6 Å². The number of nitrogens with zero attached hydrogens (tertiary/aromatic N) is 4. The Morgan fingerprint density at radius 1 is 1.35 bits per heavy atom. The van der Waals surface area contributed by atoms with Gasteiger partial charge in [0.05, 0.1) is 5.56 Å². The van der Waals surface area contributed by atoms with Crippen molar-refractivity contribution < 1.29 is 4.79 Å². The summed E-state index contributed by atoms with van der Waals surface area (Å²) in [4.78, 5) is 20.1. The van der Waals surface area contributed by atoms with Crippen molar-refractivity contribution in [1.82, 2.24) is 14.8 Å². The Bertz CT molecular complexity index is 441. The first-order chi connectivity index (χ1) is 8.20. The van der Waals surface area contributed by atoms with Gasteiger partial charge in [-0.3, -0.25) is 4.79 Å². The van der Waals surface area contributed by atoms with Crippen LogP contribution in [0, 0.1) is 11.3 Å². The van der Waals surface area contributed by atoms with Gasteiger partial charge in [0.1, 0.15) is 11.8 Å². The normalized spacial score (nSPS) is 16.6. The van der Waals surface area contributed by atoms with Crippen molar-refractivity contribution in [2.45, 2.75) is 0 Å². The lowest BCUT2D eigenvalue weighted by molar-refractivity contribution is 0.0658. The Morgan fingerprint density at radius 3 is 2.59 bits per heavy atom. The van der Waals surface area contributed by atoms with Gasteiger partial charge in [-0.05, 0) is 19.2 Å². The highest BCUT2D eigenvalue weighted by Gasteiger charge is 2.20. The van der Waals surface area contributed by atoms with Crippen LogP contribution < -0.4 is 0 Å². The summed E-state index contributed by atoms with van der Waals surface area (Å²) >= 11 is 0. The SMILES string of the molecule is CN1CCN(C(=O)c2ccc(C#N)cn2)CC1. The summed E-state index contributed by atoms with van der Waals surface area (Å²) in [7, 11) is 2.04. The molecule has 5 nitrogen and oxygen atoms in total. The molecule has 0 aliphatic carbocycles. The van der Waals surface area contributed by atoms with Gasteiger partial charge in [0, 0.05) is 32.4 Å². The van der Waals surface area contributed by atoms with Gasteiger partial charge in [-0.1, -0.05) is 0 Å². The van der Waals surface area contributed by atoms with E-state index < -0.39 is 0 Å². The average Bonchev–Trinajstić information content (AvgIpc) is 2.39. The fourth-order valence-electron chi connectivity index (χ4n) is 1.76. The minimum atomic E-state index is -0.0532. The molecule has 1 aromatic heterocycles. The molecule has 1 aromatic rings. The van der Waals surface area contributed by atoms with Crippen LogP contribution in [-0.2, 0) is 0 Å². The Hall–Kier alpha value is -1.93. The monoisotopic (exact) mass is 230 g/mol.